The molecule has 6 rings (SSSR count). The summed E-state index contributed by atoms with van der Waals surface area (Å²) in [5.74, 6) is 0.765. The summed E-state index contributed by atoms with van der Waals surface area (Å²) < 4.78 is 42.2. The van der Waals surface area contributed by atoms with Gasteiger partial charge in [-0.3, -0.25) is 19.9 Å². The minimum atomic E-state index is -4.13. The number of fused-ring (bicyclic) bond motifs is 1. The van der Waals surface area contributed by atoms with Gasteiger partial charge >= 0.3 is 16.1 Å². The van der Waals surface area contributed by atoms with E-state index in [0.29, 0.717) is 60.3 Å². The van der Waals surface area contributed by atoms with Crippen LogP contribution in [0.3, 0.4) is 0 Å². The van der Waals surface area contributed by atoms with Gasteiger partial charge in [-0.2, -0.15) is 8.42 Å². The first-order valence-electron chi connectivity index (χ1n) is 15.2. The smallest absolute Gasteiger partial charge is 0.339 e. The molecule has 0 spiro atoms. The zero-order valence-electron chi connectivity index (χ0n) is 25.9. The average molecular weight is 659 g/mol. The molecule has 4 amide bonds. The Kier molecular flexibility index (Phi) is 8.99. The molecule has 2 aliphatic heterocycles. The van der Waals surface area contributed by atoms with Crippen LogP contribution in [0, 0.1) is 5.92 Å². The van der Waals surface area contributed by atoms with Crippen molar-refractivity contribution in [2.24, 2.45) is 5.92 Å². The van der Waals surface area contributed by atoms with Crippen LogP contribution in [-0.4, -0.2) is 80.9 Å². The molecule has 0 bridgehead atoms. The Balaban J connectivity index is 1.07. The Hall–Kier alpha value is -5.17. The molecule has 1 N–H and O–H groups in total. The van der Waals surface area contributed by atoms with Crippen LogP contribution in [0.5, 0.6) is 17.2 Å². The molecule has 1 atom stereocenters. The van der Waals surface area contributed by atoms with E-state index in [-0.39, 0.29) is 34.8 Å². The molecule has 4 aromatic rings. The van der Waals surface area contributed by atoms with Crippen LogP contribution in [0.4, 0.5) is 4.79 Å². The van der Waals surface area contributed by atoms with Crippen LogP contribution in [0.1, 0.15) is 28.8 Å². The molecule has 12 nitrogen and oxygen atoms in total. The van der Waals surface area contributed by atoms with Gasteiger partial charge in [-0.15, -0.1) is 0 Å². The molecule has 1 unspecified atom stereocenters. The molecule has 47 heavy (non-hydrogen) atoms. The van der Waals surface area contributed by atoms with E-state index in [2.05, 4.69) is 10.3 Å². The van der Waals surface area contributed by atoms with E-state index in [9.17, 15) is 22.8 Å². The molecule has 3 aromatic carbocycles. The van der Waals surface area contributed by atoms with Gasteiger partial charge in [0.15, 0.2) is 11.5 Å². The largest absolute Gasteiger partial charge is 0.493 e. The zero-order valence-corrected chi connectivity index (χ0v) is 26.7. The minimum absolute atomic E-state index is 0.0365. The molecule has 13 heteroatoms. The lowest BCUT2D eigenvalue weighted by molar-refractivity contribution is -0.121. The lowest BCUT2D eigenvalue weighted by atomic mass is 9.94. The zero-order chi connectivity index (χ0) is 33.1. The number of nitrogens with zero attached hydrogens (tertiary/aromatic N) is 3. The van der Waals surface area contributed by atoms with E-state index in [0.717, 1.165) is 5.56 Å². The highest BCUT2D eigenvalue weighted by atomic mass is 32.2. The number of methoxy groups -OCH3 is 2. The van der Waals surface area contributed by atoms with Gasteiger partial charge in [0, 0.05) is 54.8 Å². The maximum atomic E-state index is 13.2. The number of hydrogen-bond donors (Lipinski definition) is 1. The van der Waals surface area contributed by atoms with Crippen molar-refractivity contribution in [2.75, 3.05) is 33.9 Å². The van der Waals surface area contributed by atoms with Crippen LogP contribution in [0.25, 0.3) is 10.8 Å². The second-order valence-electron chi connectivity index (χ2n) is 11.5. The molecule has 244 valence electrons. The molecule has 2 fully saturated rings. The second kappa shape index (κ2) is 13.3. The molecule has 1 aromatic heterocycles. The standard InChI is InChI=1S/C34H34N4O8S/c1-44-29-11-8-24(19-30(29)45-2)33(40)37-16-13-23(14-17-37)21-38-28(32(39)36-34(38)41)18-22-6-9-26(10-7-22)46-47(42,43)31-5-3-4-25-20-35-15-12-27(25)31/h3-12,15,19-20,23,28H,13-14,16-18,21H2,1-2H3,(H,36,39,41). The molecule has 2 aliphatic rings. The van der Waals surface area contributed by atoms with Crippen LogP contribution in [0.15, 0.2) is 84.0 Å². The van der Waals surface area contributed by atoms with Crippen molar-refractivity contribution in [3.8, 4) is 17.2 Å². The Morgan fingerprint density at radius 1 is 0.957 bits per heavy atom. The van der Waals surface area contributed by atoms with Crippen molar-refractivity contribution in [3.05, 3.63) is 90.3 Å². The van der Waals surface area contributed by atoms with Crippen molar-refractivity contribution < 1.29 is 36.5 Å². The lowest BCUT2D eigenvalue weighted by Gasteiger charge is -2.34. The number of nitrogens with one attached hydrogen (secondary N) is 1. The Morgan fingerprint density at radius 3 is 2.43 bits per heavy atom. The SMILES string of the molecule is COc1ccc(C(=O)N2CCC(CN3C(=O)NC(=O)C3Cc3ccc(OS(=O)(=O)c4cccc5cnccc45)cc3)CC2)cc1OC. The van der Waals surface area contributed by atoms with Gasteiger partial charge in [-0.1, -0.05) is 24.3 Å². The van der Waals surface area contributed by atoms with Crippen molar-refractivity contribution in [2.45, 2.75) is 30.2 Å². The number of pyridine rings is 1. The number of imide groups is 1. The summed E-state index contributed by atoms with van der Waals surface area (Å²) >= 11 is 0. The van der Waals surface area contributed by atoms with Crippen LogP contribution < -0.4 is 19.0 Å². The van der Waals surface area contributed by atoms with Gasteiger partial charge in [0.05, 0.1) is 14.2 Å². The molecule has 3 heterocycles. The fraction of sp³-hybridized carbons (Fsp3) is 0.294. The highest BCUT2D eigenvalue weighted by molar-refractivity contribution is 7.87. The average Bonchev–Trinajstić information content (AvgIpc) is 3.35. The monoisotopic (exact) mass is 658 g/mol. The number of likely N-dealkylation sites (tertiary alicyclic amines) is 1. The maximum absolute atomic E-state index is 13.2. The summed E-state index contributed by atoms with van der Waals surface area (Å²) in [5.41, 5.74) is 1.24. The fourth-order valence-corrected chi connectivity index (χ4v) is 7.25. The number of benzene rings is 3. The molecule has 2 saturated heterocycles. The first-order chi connectivity index (χ1) is 22.7. The Morgan fingerprint density at radius 2 is 1.70 bits per heavy atom. The van der Waals surface area contributed by atoms with Gasteiger partial charge in [-0.05, 0) is 66.8 Å². The van der Waals surface area contributed by atoms with E-state index in [1.54, 1.807) is 64.5 Å². The second-order valence-corrected chi connectivity index (χ2v) is 13.0. The first kappa shape index (κ1) is 31.8. The highest BCUT2D eigenvalue weighted by Gasteiger charge is 2.40. The summed E-state index contributed by atoms with van der Waals surface area (Å²) in [6.45, 7) is 1.42. The normalized spacial score (nSPS) is 17.1. The van der Waals surface area contributed by atoms with Gasteiger partial charge in [-0.25, -0.2) is 4.79 Å². The fourth-order valence-electron chi connectivity index (χ4n) is 6.09. The molecule has 0 aliphatic carbocycles. The van der Waals surface area contributed by atoms with E-state index in [1.807, 2.05) is 0 Å². The van der Waals surface area contributed by atoms with Crippen molar-refractivity contribution in [3.63, 3.8) is 0 Å². The summed E-state index contributed by atoms with van der Waals surface area (Å²) in [7, 11) is -1.07. The number of ether oxygens (including phenoxy) is 2. The van der Waals surface area contributed by atoms with Crippen LogP contribution >= 0.6 is 0 Å². The molecule has 0 radical (unpaired) electrons. The number of carbonyl (C=O) groups excluding carboxylic acids is 3. The third-order valence-electron chi connectivity index (χ3n) is 8.63. The summed E-state index contributed by atoms with van der Waals surface area (Å²) in [6, 6.07) is 16.9. The summed E-state index contributed by atoms with van der Waals surface area (Å²) in [6.07, 6.45) is 4.71. The van der Waals surface area contributed by atoms with Gasteiger partial charge in [0.25, 0.3) is 11.8 Å². The number of rotatable bonds is 10. The number of aromatic nitrogens is 1. The van der Waals surface area contributed by atoms with E-state index < -0.39 is 22.2 Å². The predicted molar refractivity (Wildman–Crippen MR) is 172 cm³/mol. The van der Waals surface area contributed by atoms with Crippen molar-refractivity contribution >= 4 is 38.7 Å². The van der Waals surface area contributed by atoms with Gasteiger partial charge in [0.1, 0.15) is 16.7 Å². The summed E-state index contributed by atoms with van der Waals surface area (Å²) in [5, 5.41) is 3.61. The third-order valence-corrected chi connectivity index (χ3v) is 9.93. The first-order valence-corrected chi connectivity index (χ1v) is 16.6. The molecular weight excluding hydrogens is 624 g/mol. The highest BCUT2D eigenvalue weighted by Crippen LogP contribution is 2.30. The van der Waals surface area contributed by atoms with Crippen LogP contribution in [0.2, 0.25) is 0 Å². The maximum Gasteiger partial charge on any atom is 0.339 e. The van der Waals surface area contributed by atoms with E-state index in [1.165, 1.54) is 38.6 Å². The van der Waals surface area contributed by atoms with E-state index >= 15 is 0 Å². The number of amides is 4. The van der Waals surface area contributed by atoms with Crippen molar-refractivity contribution in [1.82, 2.24) is 20.1 Å². The number of carbonyl (C=O) groups is 3. The Bertz CT molecular complexity index is 1920. The number of hydrogen-bond acceptors (Lipinski definition) is 9. The third kappa shape index (κ3) is 6.70. The van der Waals surface area contributed by atoms with E-state index in [4.69, 9.17) is 13.7 Å². The quantitative estimate of drug-likeness (QED) is 0.197. The number of piperidine rings is 1. The van der Waals surface area contributed by atoms with Gasteiger partial charge < -0.3 is 23.5 Å². The Labute approximate surface area is 272 Å². The van der Waals surface area contributed by atoms with Gasteiger partial charge in [0.2, 0.25) is 0 Å². The summed E-state index contributed by atoms with van der Waals surface area (Å²) in [4.78, 5) is 46.2. The lowest BCUT2D eigenvalue weighted by Crippen LogP contribution is -2.44. The topological polar surface area (TPSA) is 144 Å². The number of urea groups is 1. The van der Waals surface area contributed by atoms with Crippen LogP contribution in [-0.2, 0) is 21.3 Å². The minimum Gasteiger partial charge on any atom is -0.493 e. The molecular formula is C34H34N4O8S. The molecule has 0 saturated carbocycles. The van der Waals surface area contributed by atoms with Crippen molar-refractivity contribution in [1.29, 1.82) is 0 Å². The predicted octanol–water partition coefficient (Wildman–Crippen LogP) is 4.04.